The molecule has 0 aromatic heterocycles. The summed E-state index contributed by atoms with van der Waals surface area (Å²) < 4.78 is 18.4. The van der Waals surface area contributed by atoms with Gasteiger partial charge in [0.05, 0.1) is 19.3 Å². The van der Waals surface area contributed by atoms with Crippen molar-refractivity contribution in [2.75, 3.05) is 20.2 Å². The smallest absolute Gasteiger partial charge is 0.167 e. The van der Waals surface area contributed by atoms with Gasteiger partial charge in [-0.2, -0.15) is 0 Å². The molecule has 3 heterocycles. The normalized spacial score (nSPS) is 34.0. The molecule has 0 aliphatic carbocycles. The van der Waals surface area contributed by atoms with Gasteiger partial charge in [-0.3, -0.25) is 0 Å². The van der Waals surface area contributed by atoms with Crippen LogP contribution >= 0.6 is 12.4 Å². The maximum atomic E-state index is 6.58. The summed E-state index contributed by atoms with van der Waals surface area (Å²) in [6.07, 6.45) is 2.75. The van der Waals surface area contributed by atoms with Crippen LogP contribution in [0.1, 0.15) is 38.4 Å². The molecule has 0 unspecified atom stereocenters. The van der Waals surface area contributed by atoms with Gasteiger partial charge < -0.3 is 19.5 Å². The first-order valence-electron chi connectivity index (χ1n) is 8.32. The highest BCUT2D eigenvalue weighted by Gasteiger charge is 2.51. The van der Waals surface area contributed by atoms with Crippen LogP contribution in [-0.4, -0.2) is 31.9 Å². The fourth-order valence-electron chi connectivity index (χ4n) is 4.35. The lowest BCUT2D eigenvalue weighted by Crippen LogP contribution is -2.54. The molecule has 0 bridgehead atoms. The van der Waals surface area contributed by atoms with E-state index in [9.17, 15) is 0 Å². The molecule has 128 valence electrons. The van der Waals surface area contributed by atoms with Crippen molar-refractivity contribution >= 4 is 12.4 Å². The number of hydrogen-bond acceptors (Lipinski definition) is 4. The standard InChI is InChI=1S/C18H25NO3.ClH/c1-18(2)13-9-11-10-19-8-7-14(11)21-16(13)12-5-4-6-15(20-3)17(12)22-18;/h4-6,11,13-14,16,19H,7-10H2,1-3H3;1H/t11-,13+,14+,16-;/m1./s1. The zero-order valence-electron chi connectivity index (χ0n) is 14.0. The molecule has 2 fully saturated rings. The summed E-state index contributed by atoms with van der Waals surface area (Å²) in [6, 6.07) is 6.13. The van der Waals surface area contributed by atoms with Crippen molar-refractivity contribution in [2.24, 2.45) is 11.8 Å². The van der Waals surface area contributed by atoms with Crippen LogP contribution in [0, 0.1) is 11.8 Å². The van der Waals surface area contributed by atoms with Crippen molar-refractivity contribution in [1.82, 2.24) is 5.32 Å². The number of methoxy groups -OCH3 is 1. The van der Waals surface area contributed by atoms with Gasteiger partial charge in [-0.05, 0) is 45.2 Å². The van der Waals surface area contributed by atoms with Gasteiger partial charge in [0, 0.05) is 18.0 Å². The number of ether oxygens (including phenoxy) is 3. The molecule has 4 rings (SSSR count). The molecule has 23 heavy (non-hydrogen) atoms. The number of hydrogen-bond donors (Lipinski definition) is 1. The van der Waals surface area contributed by atoms with Gasteiger partial charge in [-0.15, -0.1) is 12.4 Å². The van der Waals surface area contributed by atoms with E-state index in [-0.39, 0.29) is 24.1 Å². The van der Waals surface area contributed by atoms with Gasteiger partial charge in [-0.1, -0.05) is 12.1 Å². The predicted molar refractivity (Wildman–Crippen MR) is 91.6 cm³/mol. The third-order valence-electron chi connectivity index (χ3n) is 5.58. The Balaban J connectivity index is 0.00000156. The van der Waals surface area contributed by atoms with Crippen LogP contribution in [0.15, 0.2) is 18.2 Å². The minimum Gasteiger partial charge on any atom is -0.493 e. The van der Waals surface area contributed by atoms with Gasteiger partial charge in [-0.25, -0.2) is 0 Å². The Bertz CT molecular complexity index is 577. The Hall–Kier alpha value is -0.970. The molecule has 0 radical (unpaired) electrons. The largest absolute Gasteiger partial charge is 0.493 e. The number of halogens is 1. The van der Waals surface area contributed by atoms with Crippen molar-refractivity contribution in [3.05, 3.63) is 23.8 Å². The first-order valence-corrected chi connectivity index (χ1v) is 8.32. The van der Waals surface area contributed by atoms with Crippen LogP contribution < -0.4 is 14.8 Å². The van der Waals surface area contributed by atoms with Crippen LogP contribution in [0.3, 0.4) is 0 Å². The van der Waals surface area contributed by atoms with Gasteiger partial charge in [0.2, 0.25) is 0 Å². The molecule has 0 saturated carbocycles. The van der Waals surface area contributed by atoms with Crippen LogP contribution in [0.4, 0.5) is 0 Å². The fourth-order valence-corrected chi connectivity index (χ4v) is 4.35. The van der Waals surface area contributed by atoms with E-state index in [4.69, 9.17) is 14.2 Å². The molecular formula is C18H26ClNO3. The summed E-state index contributed by atoms with van der Waals surface area (Å²) in [7, 11) is 1.70. The van der Waals surface area contributed by atoms with Crippen molar-refractivity contribution < 1.29 is 14.2 Å². The van der Waals surface area contributed by atoms with E-state index in [1.54, 1.807) is 7.11 Å². The minimum absolute atomic E-state index is 0. The van der Waals surface area contributed by atoms with Crippen LogP contribution in [0.25, 0.3) is 0 Å². The summed E-state index contributed by atoms with van der Waals surface area (Å²) in [6.45, 7) is 6.48. The highest BCUT2D eigenvalue weighted by Crippen LogP contribution is 2.54. The SMILES string of the molecule is COc1cccc2c1OC(C)(C)[C@H]1C[C@@H]3CNCC[C@@H]3O[C@H]21.Cl. The second-order valence-corrected chi connectivity index (χ2v) is 7.27. The van der Waals surface area contributed by atoms with E-state index in [0.717, 1.165) is 43.0 Å². The average molecular weight is 340 g/mol. The van der Waals surface area contributed by atoms with E-state index in [0.29, 0.717) is 17.9 Å². The van der Waals surface area contributed by atoms with Crippen molar-refractivity contribution in [3.63, 3.8) is 0 Å². The summed E-state index contributed by atoms with van der Waals surface area (Å²) in [4.78, 5) is 0. The molecule has 4 nitrogen and oxygen atoms in total. The Labute approximate surface area is 144 Å². The molecule has 1 N–H and O–H groups in total. The number of benzene rings is 1. The van der Waals surface area contributed by atoms with Crippen LogP contribution in [0.2, 0.25) is 0 Å². The second-order valence-electron chi connectivity index (χ2n) is 7.27. The van der Waals surface area contributed by atoms with Crippen LogP contribution in [-0.2, 0) is 4.74 Å². The van der Waals surface area contributed by atoms with Crippen molar-refractivity contribution in [2.45, 2.75) is 44.5 Å². The van der Waals surface area contributed by atoms with Gasteiger partial charge in [0.25, 0.3) is 0 Å². The van der Waals surface area contributed by atoms with Crippen molar-refractivity contribution in [1.29, 1.82) is 0 Å². The number of nitrogens with one attached hydrogen (secondary N) is 1. The topological polar surface area (TPSA) is 39.7 Å². The molecule has 3 aliphatic heterocycles. The minimum atomic E-state index is -0.241. The van der Waals surface area contributed by atoms with E-state index in [1.165, 1.54) is 0 Å². The first kappa shape index (κ1) is 16.9. The van der Waals surface area contributed by atoms with E-state index in [1.807, 2.05) is 12.1 Å². The van der Waals surface area contributed by atoms with Crippen molar-refractivity contribution in [3.8, 4) is 11.5 Å². The average Bonchev–Trinajstić information content (AvgIpc) is 2.53. The first-order chi connectivity index (χ1) is 10.6. The molecule has 1 aromatic carbocycles. The third kappa shape index (κ3) is 2.71. The van der Waals surface area contributed by atoms with E-state index >= 15 is 0 Å². The molecule has 2 saturated heterocycles. The molecule has 3 aliphatic rings. The Morgan fingerprint density at radius 3 is 2.91 bits per heavy atom. The van der Waals surface area contributed by atoms with Gasteiger partial charge in [0.1, 0.15) is 5.60 Å². The zero-order chi connectivity index (χ0) is 15.3. The second kappa shape index (κ2) is 6.15. The Morgan fingerprint density at radius 1 is 1.30 bits per heavy atom. The highest BCUT2D eigenvalue weighted by atomic mass is 35.5. The van der Waals surface area contributed by atoms with Gasteiger partial charge in [0.15, 0.2) is 11.5 Å². The fraction of sp³-hybridized carbons (Fsp3) is 0.667. The Kier molecular flexibility index (Phi) is 4.51. The highest BCUT2D eigenvalue weighted by molar-refractivity contribution is 5.85. The molecule has 0 spiro atoms. The lowest BCUT2D eigenvalue weighted by molar-refractivity contribution is -0.178. The number of rotatable bonds is 1. The van der Waals surface area contributed by atoms with E-state index < -0.39 is 0 Å². The molecule has 4 atom stereocenters. The third-order valence-corrected chi connectivity index (χ3v) is 5.58. The quantitative estimate of drug-likeness (QED) is 0.851. The molecule has 0 amide bonds. The zero-order valence-corrected chi connectivity index (χ0v) is 14.8. The summed E-state index contributed by atoms with van der Waals surface area (Å²) >= 11 is 0. The number of piperidine rings is 1. The number of fused-ring (bicyclic) bond motifs is 4. The molecule has 5 heteroatoms. The molecule has 1 aromatic rings. The summed E-state index contributed by atoms with van der Waals surface area (Å²) in [5.41, 5.74) is 0.912. The maximum absolute atomic E-state index is 6.58. The van der Waals surface area contributed by atoms with Gasteiger partial charge >= 0.3 is 0 Å². The maximum Gasteiger partial charge on any atom is 0.167 e. The number of para-hydroxylation sites is 1. The lowest BCUT2D eigenvalue weighted by Gasteiger charge is -2.52. The monoisotopic (exact) mass is 339 g/mol. The van der Waals surface area contributed by atoms with Crippen LogP contribution in [0.5, 0.6) is 11.5 Å². The summed E-state index contributed by atoms with van der Waals surface area (Å²) in [5.74, 6) is 2.65. The lowest BCUT2D eigenvalue weighted by atomic mass is 9.71. The summed E-state index contributed by atoms with van der Waals surface area (Å²) in [5, 5.41) is 3.50. The predicted octanol–water partition coefficient (Wildman–Crippen LogP) is 3.34. The van der Waals surface area contributed by atoms with E-state index in [2.05, 4.69) is 25.2 Å². The Morgan fingerprint density at radius 2 is 2.13 bits per heavy atom. The molecular weight excluding hydrogens is 314 g/mol.